The Labute approximate surface area is 117 Å². The quantitative estimate of drug-likeness (QED) is 0.860. The van der Waals surface area contributed by atoms with Gasteiger partial charge in [0.15, 0.2) is 0 Å². The van der Waals surface area contributed by atoms with E-state index in [2.05, 4.69) is 4.98 Å². The first-order chi connectivity index (χ1) is 9.06. The average Bonchev–Trinajstić information content (AvgIpc) is 2.39. The van der Waals surface area contributed by atoms with Gasteiger partial charge in [-0.3, -0.25) is 9.78 Å². The van der Waals surface area contributed by atoms with Crippen LogP contribution in [-0.2, 0) is 6.54 Å². The van der Waals surface area contributed by atoms with Crippen molar-refractivity contribution in [2.24, 2.45) is 0 Å². The summed E-state index contributed by atoms with van der Waals surface area (Å²) in [5.74, 6) is -0.0486. The summed E-state index contributed by atoms with van der Waals surface area (Å²) in [6.07, 6.45) is 1.60. The number of amides is 1. The van der Waals surface area contributed by atoms with Gasteiger partial charge in [-0.2, -0.15) is 0 Å². The predicted octanol–water partition coefficient (Wildman–Crippen LogP) is 3.32. The van der Waals surface area contributed by atoms with Crippen molar-refractivity contribution in [3.8, 4) is 0 Å². The van der Waals surface area contributed by atoms with Gasteiger partial charge in [-0.05, 0) is 36.8 Å². The minimum absolute atomic E-state index is 0.0486. The van der Waals surface area contributed by atoms with Crippen LogP contribution in [-0.4, -0.2) is 22.8 Å². The number of halogens is 1. The molecule has 0 aliphatic heterocycles. The molecule has 0 aliphatic carbocycles. The van der Waals surface area contributed by atoms with Crippen LogP contribution in [0.25, 0.3) is 0 Å². The molecular weight excluding hydrogens is 260 g/mol. The molecule has 0 atom stereocenters. The first-order valence-corrected chi connectivity index (χ1v) is 6.36. The molecular formula is C15H15ClN2O. The third-order valence-electron chi connectivity index (χ3n) is 2.81. The fraction of sp³-hybridized carbons (Fsp3) is 0.200. The highest BCUT2D eigenvalue weighted by Crippen LogP contribution is 2.13. The number of rotatable bonds is 3. The van der Waals surface area contributed by atoms with Crippen LogP contribution in [0.3, 0.4) is 0 Å². The van der Waals surface area contributed by atoms with Crippen LogP contribution >= 0.6 is 11.6 Å². The molecule has 19 heavy (non-hydrogen) atoms. The van der Waals surface area contributed by atoms with Gasteiger partial charge in [0.05, 0.1) is 5.56 Å². The van der Waals surface area contributed by atoms with E-state index in [0.29, 0.717) is 17.1 Å². The zero-order valence-corrected chi connectivity index (χ0v) is 11.7. The Hall–Kier alpha value is -1.87. The molecule has 1 heterocycles. The number of benzene rings is 1. The van der Waals surface area contributed by atoms with Crippen molar-refractivity contribution in [1.29, 1.82) is 0 Å². The largest absolute Gasteiger partial charge is 0.337 e. The molecule has 1 aromatic carbocycles. The zero-order valence-electron chi connectivity index (χ0n) is 10.9. The number of carbonyl (C=O) groups is 1. The summed E-state index contributed by atoms with van der Waals surface area (Å²) >= 11 is 5.93. The lowest BCUT2D eigenvalue weighted by Crippen LogP contribution is -2.26. The summed E-state index contributed by atoms with van der Waals surface area (Å²) in [5, 5.41) is 0.676. The fourth-order valence-corrected chi connectivity index (χ4v) is 2.01. The molecule has 0 unspecified atom stereocenters. The van der Waals surface area contributed by atoms with E-state index in [1.54, 1.807) is 24.2 Å². The second-order valence-corrected chi connectivity index (χ2v) is 4.92. The molecule has 0 saturated carbocycles. The number of hydrogen-bond donors (Lipinski definition) is 0. The highest BCUT2D eigenvalue weighted by Gasteiger charge is 2.12. The van der Waals surface area contributed by atoms with Crippen LogP contribution in [0, 0.1) is 6.92 Å². The van der Waals surface area contributed by atoms with E-state index in [1.807, 2.05) is 37.3 Å². The van der Waals surface area contributed by atoms with Crippen LogP contribution in [0.2, 0.25) is 5.02 Å². The highest BCUT2D eigenvalue weighted by atomic mass is 35.5. The SMILES string of the molecule is Cc1ccc(C(=O)N(C)Cc2cccc(Cl)c2)cn1. The lowest BCUT2D eigenvalue weighted by atomic mass is 10.2. The zero-order chi connectivity index (χ0) is 13.8. The molecule has 1 amide bonds. The molecule has 0 spiro atoms. The first kappa shape index (κ1) is 13.6. The summed E-state index contributed by atoms with van der Waals surface area (Å²) in [5.41, 5.74) is 2.49. The summed E-state index contributed by atoms with van der Waals surface area (Å²) in [6.45, 7) is 2.41. The van der Waals surface area contributed by atoms with Gasteiger partial charge in [0.2, 0.25) is 0 Å². The number of nitrogens with zero attached hydrogens (tertiary/aromatic N) is 2. The lowest BCUT2D eigenvalue weighted by molar-refractivity contribution is 0.0784. The van der Waals surface area contributed by atoms with Crippen LogP contribution in [0.4, 0.5) is 0 Å². The molecule has 1 aromatic heterocycles. The van der Waals surface area contributed by atoms with Gasteiger partial charge < -0.3 is 4.90 Å². The Morgan fingerprint density at radius 2 is 2.11 bits per heavy atom. The predicted molar refractivity (Wildman–Crippen MR) is 76.2 cm³/mol. The summed E-state index contributed by atoms with van der Waals surface area (Å²) in [6, 6.07) is 11.1. The lowest BCUT2D eigenvalue weighted by Gasteiger charge is -2.17. The van der Waals surface area contributed by atoms with Crippen molar-refractivity contribution in [3.63, 3.8) is 0 Å². The Morgan fingerprint density at radius 1 is 1.32 bits per heavy atom. The minimum atomic E-state index is -0.0486. The van der Waals surface area contributed by atoms with Crippen molar-refractivity contribution in [1.82, 2.24) is 9.88 Å². The smallest absolute Gasteiger partial charge is 0.255 e. The fourth-order valence-electron chi connectivity index (χ4n) is 1.80. The van der Waals surface area contributed by atoms with Crippen molar-refractivity contribution >= 4 is 17.5 Å². The number of hydrogen-bond acceptors (Lipinski definition) is 2. The molecule has 0 radical (unpaired) electrons. The van der Waals surface area contributed by atoms with E-state index < -0.39 is 0 Å². The van der Waals surface area contributed by atoms with Gasteiger partial charge in [-0.15, -0.1) is 0 Å². The normalized spacial score (nSPS) is 10.3. The Kier molecular flexibility index (Phi) is 4.17. The molecule has 2 aromatic rings. The van der Waals surface area contributed by atoms with Gasteiger partial charge in [-0.25, -0.2) is 0 Å². The molecule has 2 rings (SSSR count). The van der Waals surface area contributed by atoms with Gasteiger partial charge in [-0.1, -0.05) is 23.7 Å². The maximum Gasteiger partial charge on any atom is 0.255 e. The second-order valence-electron chi connectivity index (χ2n) is 4.48. The van der Waals surface area contributed by atoms with E-state index in [1.165, 1.54) is 0 Å². The molecule has 4 heteroatoms. The van der Waals surface area contributed by atoms with Gasteiger partial charge >= 0.3 is 0 Å². The van der Waals surface area contributed by atoms with Crippen molar-refractivity contribution in [3.05, 3.63) is 64.4 Å². The van der Waals surface area contributed by atoms with E-state index in [9.17, 15) is 4.79 Å². The number of carbonyl (C=O) groups excluding carboxylic acids is 1. The van der Waals surface area contributed by atoms with Crippen LogP contribution in [0.5, 0.6) is 0 Å². The number of pyridine rings is 1. The number of aryl methyl sites for hydroxylation is 1. The summed E-state index contributed by atoms with van der Waals surface area (Å²) in [7, 11) is 1.77. The van der Waals surface area contributed by atoms with Gasteiger partial charge in [0.25, 0.3) is 5.91 Å². The molecule has 0 saturated heterocycles. The van der Waals surface area contributed by atoms with Crippen molar-refractivity contribution in [2.75, 3.05) is 7.05 Å². The van der Waals surface area contributed by atoms with Gasteiger partial charge in [0.1, 0.15) is 0 Å². The van der Waals surface area contributed by atoms with Crippen LogP contribution in [0.1, 0.15) is 21.6 Å². The summed E-state index contributed by atoms with van der Waals surface area (Å²) < 4.78 is 0. The Morgan fingerprint density at radius 3 is 2.74 bits per heavy atom. The van der Waals surface area contributed by atoms with Gasteiger partial charge in [0, 0.05) is 30.5 Å². The number of aromatic nitrogens is 1. The minimum Gasteiger partial charge on any atom is -0.337 e. The Balaban J connectivity index is 2.09. The maximum atomic E-state index is 12.2. The van der Waals surface area contributed by atoms with Crippen molar-refractivity contribution in [2.45, 2.75) is 13.5 Å². The van der Waals surface area contributed by atoms with E-state index in [-0.39, 0.29) is 5.91 Å². The molecule has 0 fully saturated rings. The molecule has 98 valence electrons. The first-order valence-electron chi connectivity index (χ1n) is 5.99. The molecule has 0 N–H and O–H groups in total. The molecule has 0 bridgehead atoms. The van der Waals surface area contributed by atoms with E-state index >= 15 is 0 Å². The summed E-state index contributed by atoms with van der Waals surface area (Å²) in [4.78, 5) is 18.0. The average molecular weight is 275 g/mol. The standard InChI is InChI=1S/C15H15ClN2O/c1-11-6-7-13(9-17-11)15(19)18(2)10-12-4-3-5-14(16)8-12/h3-9H,10H2,1-2H3. The third-order valence-corrected chi connectivity index (χ3v) is 3.05. The Bertz CT molecular complexity index is 581. The van der Waals surface area contributed by atoms with E-state index in [4.69, 9.17) is 11.6 Å². The topological polar surface area (TPSA) is 33.2 Å². The maximum absolute atomic E-state index is 12.2. The van der Waals surface area contributed by atoms with Crippen LogP contribution in [0.15, 0.2) is 42.6 Å². The monoisotopic (exact) mass is 274 g/mol. The molecule has 3 nitrogen and oxygen atoms in total. The highest BCUT2D eigenvalue weighted by molar-refractivity contribution is 6.30. The second kappa shape index (κ2) is 5.85. The molecule has 0 aliphatic rings. The third kappa shape index (κ3) is 3.55. The van der Waals surface area contributed by atoms with E-state index in [0.717, 1.165) is 11.3 Å². The van der Waals surface area contributed by atoms with Crippen molar-refractivity contribution < 1.29 is 4.79 Å². The van der Waals surface area contributed by atoms with Crippen LogP contribution < -0.4 is 0 Å².